The zero-order valence-electron chi connectivity index (χ0n) is 17.8. The lowest BCUT2D eigenvalue weighted by Gasteiger charge is -2.31. The predicted octanol–water partition coefficient (Wildman–Crippen LogP) is 3.46. The number of nitrogens with zero attached hydrogens (tertiary/aromatic N) is 7. The molecule has 34 heavy (non-hydrogen) atoms. The number of aryl methyl sites for hydroxylation is 1. The van der Waals surface area contributed by atoms with Gasteiger partial charge in [0.2, 0.25) is 16.3 Å². The summed E-state index contributed by atoms with van der Waals surface area (Å²) in [7, 11) is 0. The van der Waals surface area contributed by atoms with E-state index < -0.39 is 0 Å². The van der Waals surface area contributed by atoms with Gasteiger partial charge >= 0.3 is 22.9 Å². The summed E-state index contributed by atoms with van der Waals surface area (Å²) in [5.74, 6) is 3.05. The Kier molecular flexibility index (Phi) is 2.17. The first kappa shape index (κ1) is 15.9. The predicted molar refractivity (Wildman–Crippen MR) is 120 cm³/mol. The summed E-state index contributed by atoms with van der Waals surface area (Å²) in [6, 6.07) is 16.5. The van der Waals surface area contributed by atoms with Crippen molar-refractivity contribution in [2.24, 2.45) is 0 Å². The van der Waals surface area contributed by atoms with Crippen LogP contribution in [0.15, 0.2) is 67.1 Å². The average molecular weight is 444 g/mol. The van der Waals surface area contributed by atoms with Gasteiger partial charge < -0.3 is 9.47 Å². The van der Waals surface area contributed by atoms with Gasteiger partial charge in [0.1, 0.15) is 4.68 Å². The molecule has 6 aromatic rings. The molecule has 0 amide bonds. The number of quaternary nitrogens is 1. The van der Waals surface area contributed by atoms with Gasteiger partial charge in [0.15, 0.2) is 23.2 Å². The molecule has 4 aliphatic rings. The topological polar surface area (TPSA) is 61.9 Å². The summed E-state index contributed by atoms with van der Waals surface area (Å²) in [6.45, 7) is 2.03. The molecule has 1 atom stereocenters. The number of ether oxygens (including phenoxy) is 2. The summed E-state index contributed by atoms with van der Waals surface area (Å²) in [6.07, 6.45) is 5.84. The van der Waals surface area contributed by atoms with Gasteiger partial charge in [0.25, 0.3) is 5.69 Å². The van der Waals surface area contributed by atoms with Crippen molar-refractivity contribution in [3.05, 3.63) is 72.8 Å². The van der Waals surface area contributed by atoms with E-state index in [1.807, 2.05) is 37.4 Å². The standard InChI is InChI=1S/C25H14N7O2/c1-13-10-17-16-5-2-6-21-30(16)32(31(17)27-13)24-19(34-21)8-7-18-23(24)29-22-15(11-26-12-20(22)33-18)14-4-3-9-28(32)25(14)29/h2-12H,1H3/q+3. The Bertz CT molecular complexity index is 2000. The minimum atomic E-state index is 0.174. The minimum absolute atomic E-state index is 0.174. The molecule has 0 saturated carbocycles. The normalized spacial score (nSPS) is 18.7. The van der Waals surface area contributed by atoms with Crippen LogP contribution < -0.4 is 23.6 Å². The minimum Gasteiger partial charge on any atom is -0.446 e. The maximum Gasteiger partial charge on any atom is 0.438 e. The Hall–Kier alpha value is -4.76. The van der Waals surface area contributed by atoms with E-state index in [0.29, 0.717) is 0 Å². The fraction of sp³-hybridized carbons (Fsp3) is 0.0400. The third-order valence-corrected chi connectivity index (χ3v) is 7.44. The molecule has 0 radical (unpaired) electrons. The molecule has 9 heteroatoms. The highest BCUT2D eigenvalue weighted by atomic mass is 16.5. The lowest BCUT2D eigenvalue weighted by molar-refractivity contribution is -1.05. The van der Waals surface area contributed by atoms with Gasteiger partial charge in [0, 0.05) is 21.7 Å². The van der Waals surface area contributed by atoms with Crippen LogP contribution in [0.4, 0.5) is 5.69 Å². The van der Waals surface area contributed by atoms with E-state index in [1.54, 1.807) is 6.20 Å². The molecule has 0 bridgehead atoms. The van der Waals surface area contributed by atoms with Gasteiger partial charge in [-0.25, -0.2) is 0 Å². The molecule has 0 aliphatic carbocycles. The maximum absolute atomic E-state index is 6.53. The van der Waals surface area contributed by atoms with Crippen LogP contribution in [0.25, 0.3) is 39.0 Å². The van der Waals surface area contributed by atoms with Crippen molar-refractivity contribution in [1.82, 2.24) is 24.3 Å². The zero-order valence-corrected chi connectivity index (χ0v) is 17.8. The van der Waals surface area contributed by atoms with E-state index in [9.17, 15) is 0 Å². The summed E-state index contributed by atoms with van der Waals surface area (Å²) in [5.41, 5.74) is 7.02. The van der Waals surface area contributed by atoms with Crippen LogP contribution in [0.1, 0.15) is 5.69 Å². The first-order valence-corrected chi connectivity index (χ1v) is 11.2. The molecule has 1 unspecified atom stereocenters. The summed E-state index contributed by atoms with van der Waals surface area (Å²) >= 11 is 0. The molecule has 5 aromatic heterocycles. The number of pyridine rings is 3. The number of rotatable bonds is 0. The third-order valence-electron chi connectivity index (χ3n) is 7.44. The van der Waals surface area contributed by atoms with Gasteiger partial charge in [-0.1, -0.05) is 0 Å². The van der Waals surface area contributed by atoms with Gasteiger partial charge in [-0.05, 0) is 43.3 Å². The number of hydrogen-bond donors (Lipinski definition) is 0. The van der Waals surface area contributed by atoms with Crippen molar-refractivity contribution in [3.63, 3.8) is 0 Å². The smallest absolute Gasteiger partial charge is 0.438 e. The lowest BCUT2D eigenvalue weighted by Crippen LogP contribution is -2.88. The highest BCUT2D eigenvalue weighted by molar-refractivity contribution is 6.10. The van der Waals surface area contributed by atoms with E-state index in [4.69, 9.17) is 14.6 Å². The van der Waals surface area contributed by atoms with Crippen LogP contribution in [0.5, 0.6) is 23.1 Å². The van der Waals surface area contributed by atoms with E-state index in [-0.39, 0.29) is 4.81 Å². The Morgan fingerprint density at radius 1 is 0.941 bits per heavy atom. The van der Waals surface area contributed by atoms with Crippen LogP contribution in [-0.4, -0.2) is 19.4 Å². The monoisotopic (exact) mass is 444 g/mol. The largest absolute Gasteiger partial charge is 0.446 e. The molecule has 9 nitrogen and oxygen atoms in total. The Balaban J connectivity index is 1.59. The maximum atomic E-state index is 6.53. The van der Waals surface area contributed by atoms with Crippen molar-refractivity contribution in [2.75, 3.05) is 0 Å². The Morgan fingerprint density at radius 3 is 2.85 bits per heavy atom. The number of benzene rings is 1. The third kappa shape index (κ3) is 1.34. The first-order valence-electron chi connectivity index (χ1n) is 11.2. The van der Waals surface area contributed by atoms with Crippen LogP contribution in [0, 0.1) is 6.92 Å². The highest BCUT2D eigenvalue weighted by Crippen LogP contribution is 2.56. The Morgan fingerprint density at radius 2 is 1.88 bits per heavy atom. The molecule has 0 saturated heterocycles. The SMILES string of the molecule is Cc1cc2n(n1)[N+]13c4c(ccc5c4-n4c6c(cncc6c6ccc[n+]1c64)O5)Oc1cccc-2[n+]13. The molecular weight excluding hydrogens is 430 g/mol. The molecule has 1 spiro atoms. The average Bonchev–Trinajstić information content (AvgIpc) is 3.49. The van der Waals surface area contributed by atoms with E-state index in [1.165, 1.54) is 0 Å². The Labute approximate surface area is 191 Å². The molecule has 0 N–H and O–H groups in total. The van der Waals surface area contributed by atoms with Crippen molar-refractivity contribution >= 4 is 27.6 Å². The summed E-state index contributed by atoms with van der Waals surface area (Å²) < 4.78 is 19.8. The van der Waals surface area contributed by atoms with Gasteiger partial charge in [-0.3, -0.25) is 4.98 Å². The molecule has 4 aliphatic heterocycles. The number of fused-ring (bicyclic) bond motifs is 3. The second kappa shape index (κ2) is 4.63. The zero-order chi connectivity index (χ0) is 21.9. The molecular formula is C25H14N7O2+3. The lowest BCUT2D eigenvalue weighted by atomic mass is 10.1. The molecule has 10 rings (SSSR count). The van der Waals surface area contributed by atoms with Crippen LogP contribution in [0.2, 0.25) is 0 Å². The van der Waals surface area contributed by atoms with Gasteiger partial charge in [0.05, 0.1) is 28.7 Å². The van der Waals surface area contributed by atoms with E-state index >= 15 is 0 Å². The first-order chi connectivity index (χ1) is 16.8. The second-order valence-corrected chi connectivity index (χ2v) is 9.11. The molecule has 0 fully saturated rings. The van der Waals surface area contributed by atoms with Crippen LogP contribution in [0.3, 0.4) is 0 Å². The van der Waals surface area contributed by atoms with Gasteiger partial charge in [-0.15, -0.1) is 5.10 Å². The van der Waals surface area contributed by atoms with Crippen molar-refractivity contribution in [3.8, 4) is 40.2 Å². The van der Waals surface area contributed by atoms with Crippen molar-refractivity contribution in [1.29, 1.82) is 0 Å². The molecule has 158 valence electrons. The highest BCUT2D eigenvalue weighted by Gasteiger charge is 2.72. The molecule has 9 heterocycles. The number of hydrogen-bond acceptors (Lipinski definition) is 4. The summed E-state index contributed by atoms with van der Waals surface area (Å²) in [4.78, 5) is 6.75. The van der Waals surface area contributed by atoms with E-state index in [0.717, 1.165) is 73.5 Å². The fourth-order valence-electron chi connectivity index (χ4n) is 6.34. The summed E-state index contributed by atoms with van der Waals surface area (Å²) in [5, 5.41) is 7.20. The van der Waals surface area contributed by atoms with Crippen LogP contribution >= 0.6 is 0 Å². The van der Waals surface area contributed by atoms with Gasteiger partial charge in [-0.2, -0.15) is 4.57 Å². The second-order valence-electron chi connectivity index (χ2n) is 9.11. The quantitative estimate of drug-likeness (QED) is 0.266. The number of aromatic nitrogens is 6. The molecule has 1 aromatic carbocycles. The van der Waals surface area contributed by atoms with Crippen LogP contribution in [-0.2, 0) is 0 Å². The van der Waals surface area contributed by atoms with Crippen molar-refractivity contribution < 1.29 is 18.8 Å². The van der Waals surface area contributed by atoms with Crippen molar-refractivity contribution in [2.45, 2.75) is 6.92 Å². The fourth-order valence-corrected chi connectivity index (χ4v) is 6.34. The van der Waals surface area contributed by atoms with E-state index in [2.05, 4.69) is 54.2 Å².